The smallest absolute Gasteiger partial charge is 0.137 e. The molecule has 3 heterocycles. The second-order valence-electron chi connectivity index (χ2n) is 5.37. The van der Waals surface area contributed by atoms with Crippen LogP contribution in [0.5, 0.6) is 0 Å². The summed E-state index contributed by atoms with van der Waals surface area (Å²) < 4.78 is 10.8. The molecule has 0 amide bonds. The van der Waals surface area contributed by atoms with Gasteiger partial charge in [0.2, 0.25) is 0 Å². The second kappa shape index (κ2) is 8.54. The van der Waals surface area contributed by atoms with Crippen molar-refractivity contribution in [3.8, 4) is 0 Å². The Morgan fingerprint density at radius 2 is 1.74 bits per heavy atom. The maximum absolute atomic E-state index is 5.59. The minimum absolute atomic E-state index is 0.630. The molecule has 0 saturated carbocycles. The van der Waals surface area contributed by atoms with Crippen LogP contribution in [0.1, 0.15) is 4.88 Å². The Morgan fingerprint density at radius 1 is 1.09 bits per heavy atom. The van der Waals surface area contributed by atoms with Crippen molar-refractivity contribution in [2.45, 2.75) is 0 Å². The first-order valence-corrected chi connectivity index (χ1v) is 9.09. The topological polar surface area (TPSA) is 37.3 Å². The van der Waals surface area contributed by atoms with Crippen molar-refractivity contribution in [2.75, 3.05) is 52.6 Å². The summed E-state index contributed by atoms with van der Waals surface area (Å²) in [6.45, 7) is 6.55. The maximum Gasteiger partial charge on any atom is 0.137 e. The standard InChI is InChI=1S/C16H21N3O2S2/c22-16(17-13-19-5-9-21-10-6-19)14(15-2-1-11-23-15)12-18-3-7-20-8-4-18/h1-2,11-13H,3-10H2/b14-12+,17-13?. The number of morpholine rings is 2. The normalized spacial score (nSPS) is 20.3. The Balaban J connectivity index is 1.73. The highest BCUT2D eigenvalue weighted by atomic mass is 32.1. The van der Waals surface area contributed by atoms with Gasteiger partial charge in [-0.3, -0.25) is 0 Å². The van der Waals surface area contributed by atoms with E-state index in [1.54, 1.807) is 11.3 Å². The van der Waals surface area contributed by atoms with Crippen molar-refractivity contribution >= 4 is 40.5 Å². The lowest BCUT2D eigenvalue weighted by atomic mass is 10.2. The monoisotopic (exact) mass is 351 g/mol. The Labute approximate surface area is 146 Å². The number of ether oxygens (including phenoxy) is 2. The van der Waals surface area contributed by atoms with Crippen molar-refractivity contribution in [1.29, 1.82) is 0 Å². The third-order valence-electron chi connectivity index (χ3n) is 3.76. The van der Waals surface area contributed by atoms with Gasteiger partial charge in [-0.25, -0.2) is 4.99 Å². The van der Waals surface area contributed by atoms with E-state index in [4.69, 9.17) is 21.7 Å². The minimum atomic E-state index is 0.630. The minimum Gasteiger partial charge on any atom is -0.378 e. The average Bonchev–Trinajstić information content (AvgIpc) is 3.14. The second-order valence-corrected chi connectivity index (χ2v) is 6.70. The molecule has 2 aliphatic heterocycles. The molecule has 0 aromatic carbocycles. The van der Waals surface area contributed by atoms with Gasteiger partial charge in [-0.15, -0.1) is 11.3 Å². The van der Waals surface area contributed by atoms with Crippen molar-refractivity contribution in [2.24, 2.45) is 4.99 Å². The Morgan fingerprint density at radius 3 is 2.35 bits per heavy atom. The van der Waals surface area contributed by atoms with Crippen molar-refractivity contribution in [3.05, 3.63) is 28.6 Å². The summed E-state index contributed by atoms with van der Waals surface area (Å²) >= 11 is 7.27. The summed E-state index contributed by atoms with van der Waals surface area (Å²) in [7, 11) is 0. The number of thiocarbonyl (C=S) groups is 1. The highest BCUT2D eigenvalue weighted by Crippen LogP contribution is 2.23. The molecule has 0 atom stereocenters. The van der Waals surface area contributed by atoms with E-state index < -0.39 is 0 Å². The first-order valence-electron chi connectivity index (χ1n) is 7.81. The number of thiophene rings is 1. The lowest BCUT2D eigenvalue weighted by molar-refractivity contribution is 0.0597. The van der Waals surface area contributed by atoms with Gasteiger partial charge in [0.25, 0.3) is 0 Å². The number of hydrogen-bond acceptors (Lipinski definition) is 5. The van der Waals surface area contributed by atoms with Crippen molar-refractivity contribution in [3.63, 3.8) is 0 Å². The number of hydrogen-bond donors (Lipinski definition) is 0. The SMILES string of the molecule is S=C(N=CN1CCOCC1)/C(=C/N1CCOCC1)c1cccs1. The highest BCUT2D eigenvalue weighted by Gasteiger charge is 2.14. The van der Waals surface area contributed by atoms with Crippen LogP contribution in [0.15, 0.2) is 28.7 Å². The third kappa shape index (κ3) is 4.84. The van der Waals surface area contributed by atoms with Crippen LogP contribution in [0.25, 0.3) is 5.57 Å². The number of aliphatic imine (C=N–C) groups is 1. The lowest BCUT2D eigenvalue weighted by Crippen LogP contribution is -2.35. The highest BCUT2D eigenvalue weighted by molar-refractivity contribution is 7.81. The molecule has 2 fully saturated rings. The summed E-state index contributed by atoms with van der Waals surface area (Å²) in [5.74, 6) is 0. The van der Waals surface area contributed by atoms with Crippen molar-refractivity contribution < 1.29 is 9.47 Å². The Kier molecular flexibility index (Phi) is 6.15. The van der Waals surface area contributed by atoms with E-state index in [0.29, 0.717) is 4.99 Å². The number of rotatable bonds is 4. The molecule has 5 nitrogen and oxygen atoms in total. The molecule has 0 spiro atoms. The van der Waals surface area contributed by atoms with Gasteiger partial charge in [-0.1, -0.05) is 18.3 Å². The molecule has 1 aromatic heterocycles. The molecule has 0 N–H and O–H groups in total. The van der Waals surface area contributed by atoms with E-state index in [1.165, 1.54) is 0 Å². The summed E-state index contributed by atoms with van der Waals surface area (Å²) in [5.41, 5.74) is 1.02. The Hall–Kier alpha value is -1.28. The summed E-state index contributed by atoms with van der Waals surface area (Å²) in [4.78, 5) is 10.7. The molecule has 23 heavy (non-hydrogen) atoms. The lowest BCUT2D eigenvalue weighted by Gasteiger charge is -2.26. The summed E-state index contributed by atoms with van der Waals surface area (Å²) in [5, 5.41) is 2.07. The first kappa shape index (κ1) is 16.6. The molecule has 7 heteroatoms. The molecule has 2 aliphatic rings. The van der Waals surface area contributed by atoms with Gasteiger partial charge < -0.3 is 19.3 Å². The largest absolute Gasteiger partial charge is 0.378 e. The fourth-order valence-electron chi connectivity index (χ4n) is 2.44. The van der Waals surface area contributed by atoms with E-state index in [9.17, 15) is 0 Å². The predicted octanol–water partition coefficient (Wildman–Crippen LogP) is 2.11. The van der Waals surface area contributed by atoms with E-state index in [0.717, 1.165) is 63.1 Å². The van der Waals surface area contributed by atoms with Crippen LogP contribution in [0.2, 0.25) is 0 Å². The molecule has 124 valence electrons. The van der Waals surface area contributed by atoms with E-state index >= 15 is 0 Å². The van der Waals surface area contributed by atoms with Gasteiger partial charge in [0, 0.05) is 42.8 Å². The zero-order valence-corrected chi connectivity index (χ0v) is 14.7. The third-order valence-corrected chi connectivity index (χ3v) is 4.99. The molecular formula is C16H21N3O2S2. The van der Waals surface area contributed by atoms with Crippen LogP contribution in [0.3, 0.4) is 0 Å². The molecule has 0 aliphatic carbocycles. The van der Waals surface area contributed by atoms with Crippen LogP contribution in [-0.4, -0.2) is 73.7 Å². The Bertz CT molecular complexity index is 560. The predicted molar refractivity (Wildman–Crippen MR) is 98.2 cm³/mol. The van der Waals surface area contributed by atoms with E-state index in [2.05, 4.69) is 32.4 Å². The van der Waals surface area contributed by atoms with Crippen LogP contribution in [0.4, 0.5) is 0 Å². The maximum atomic E-state index is 5.59. The zero-order chi connectivity index (χ0) is 15.9. The summed E-state index contributed by atoms with van der Waals surface area (Å²) in [6, 6.07) is 4.13. The molecule has 0 radical (unpaired) electrons. The number of nitrogens with zero attached hydrogens (tertiary/aromatic N) is 3. The molecule has 2 saturated heterocycles. The van der Waals surface area contributed by atoms with Gasteiger partial charge in [0.1, 0.15) is 4.99 Å². The molecular weight excluding hydrogens is 330 g/mol. The van der Waals surface area contributed by atoms with Gasteiger partial charge >= 0.3 is 0 Å². The van der Waals surface area contributed by atoms with E-state index in [1.807, 2.05) is 12.4 Å². The quantitative estimate of drug-likeness (QED) is 0.359. The van der Waals surface area contributed by atoms with Crippen LogP contribution in [0, 0.1) is 0 Å². The zero-order valence-electron chi connectivity index (χ0n) is 13.0. The van der Waals surface area contributed by atoms with E-state index in [-0.39, 0.29) is 0 Å². The van der Waals surface area contributed by atoms with Crippen molar-refractivity contribution in [1.82, 2.24) is 9.80 Å². The molecule has 0 bridgehead atoms. The first-order chi connectivity index (χ1) is 11.3. The van der Waals surface area contributed by atoms with Gasteiger partial charge in [-0.05, 0) is 11.4 Å². The summed E-state index contributed by atoms with van der Waals surface area (Å²) in [6.07, 6.45) is 3.99. The molecule has 0 unspecified atom stereocenters. The van der Waals surface area contributed by atoms with Crippen LogP contribution < -0.4 is 0 Å². The van der Waals surface area contributed by atoms with Gasteiger partial charge in [-0.2, -0.15) is 0 Å². The van der Waals surface area contributed by atoms with Crippen LogP contribution in [-0.2, 0) is 9.47 Å². The fourth-order valence-corrected chi connectivity index (χ4v) is 3.45. The average molecular weight is 351 g/mol. The van der Waals surface area contributed by atoms with Gasteiger partial charge in [0.05, 0.1) is 32.8 Å². The van der Waals surface area contributed by atoms with Gasteiger partial charge in [0.15, 0.2) is 0 Å². The van der Waals surface area contributed by atoms with Crippen LogP contribution >= 0.6 is 23.6 Å². The fraction of sp³-hybridized carbons (Fsp3) is 0.500. The molecule has 3 rings (SSSR count). The molecule has 1 aromatic rings.